The van der Waals surface area contributed by atoms with E-state index in [1.54, 1.807) is 8.70 Å². The molecule has 0 bridgehead atoms. The van der Waals surface area contributed by atoms with Crippen molar-refractivity contribution in [1.82, 2.24) is 0 Å². The van der Waals surface area contributed by atoms with Gasteiger partial charge in [0, 0.05) is 0 Å². The molecule has 1 heteroatoms. The van der Waals surface area contributed by atoms with E-state index >= 15 is 0 Å². The van der Waals surface area contributed by atoms with Gasteiger partial charge in [-0.2, -0.15) is 0 Å². The first-order valence-corrected chi connectivity index (χ1v) is 7.11. The number of rotatable bonds is 0. The Morgan fingerprint density at radius 1 is 1.07 bits per heavy atom. The second-order valence-corrected chi connectivity index (χ2v) is 7.51. The van der Waals surface area contributed by atoms with Crippen molar-refractivity contribution in [3.63, 3.8) is 0 Å². The third-order valence-corrected chi connectivity index (χ3v) is 6.34. The molecule has 0 atom stereocenters. The molecule has 0 amide bonds. The van der Waals surface area contributed by atoms with Crippen LogP contribution in [0.4, 0.5) is 0 Å². The van der Waals surface area contributed by atoms with Crippen LogP contribution in [0.1, 0.15) is 36.3 Å². The predicted octanol–water partition coefficient (Wildman–Crippen LogP) is 3.81. The Labute approximate surface area is 98.1 Å². The minimum atomic E-state index is 0.330. The first-order chi connectivity index (χ1) is 6.89. The van der Waals surface area contributed by atoms with Gasteiger partial charge in [0.05, 0.1) is 0 Å². The van der Waals surface area contributed by atoms with Crippen molar-refractivity contribution in [3.05, 3.63) is 33.8 Å². The molecule has 0 aliphatic heterocycles. The quantitative estimate of drug-likeness (QED) is 0.635. The van der Waals surface area contributed by atoms with E-state index in [1.807, 2.05) is 0 Å². The summed E-state index contributed by atoms with van der Waals surface area (Å²) in [6.07, 6.45) is 0. The van der Waals surface area contributed by atoms with Gasteiger partial charge in [0.2, 0.25) is 0 Å². The summed E-state index contributed by atoms with van der Waals surface area (Å²) >= 11 is 0.547. The third-order valence-electron chi connectivity index (χ3n) is 2.77. The van der Waals surface area contributed by atoms with Gasteiger partial charge in [-0.3, -0.25) is 0 Å². The summed E-state index contributed by atoms with van der Waals surface area (Å²) < 4.78 is 3.23. The average Bonchev–Trinajstić information content (AvgIpc) is 2.43. The predicted molar refractivity (Wildman–Crippen MR) is 69.1 cm³/mol. The number of hydrogen-bond acceptors (Lipinski definition) is 0. The van der Waals surface area contributed by atoms with Crippen LogP contribution in [-0.4, -0.2) is 14.5 Å². The number of fused-ring (bicyclic) bond motifs is 1. The number of aryl methyl sites for hydroxylation is 2. The summed E-state index contributed by atoms with van der Waals surface area (Å²) in [5.74, 6) is 0. The summed E-state index contributed by atoms with van der Waals surface area (Å²) in [5, 5.41) is 1.50. The van der Waals surface area contributed by atoms with Gasteiger partial charge >= 0.3 is 97.9 Å². The van der Waals surface area contributed by atoms with Crippen molar-refractivity contribution in [2.45, 2.75) is 40.0 Å². The van der Waals surface area contributed by atoms with E-state index in [0.717, 1.165) is 0 Å². The molecule has 0 fully saturated rings. The zero-order valence-electron chi connectivity index (χ0n) is 10.1. The summed E-state index contributed by atoms with van der Waals surface area (Å²) in [6, 6.07) is 6.89. The van der Waals surface area contributed by atoms with Gasteiger partial charge in [-0.15, -0.1) is 0 Å². The van der Waals surface area contributed by atoms with Crippen LogP contribution in [0.2, 0.25) is 0 Å². The van der Waals surface area contributed by atoms with Gasteiger partial charge in [-0.25, -0.2) is 0 Å². The molecule has 0 N–H and O–H groups in total. The number of benzene rings is 1. The van der Waals surface area contributed by atoms with E-state index in [9.17, 15) is 0 Å². The van der Waals surface area contributed by atoms with Crippen LogP contribution in [0, 0.1) is 13.8 Å². The van der Waals surface area contributed by atoms with E-state index in [2.05, 4.69) is 52.8 Å². The molecule has 1 heterocycles. The monoisotopic (exact) mass is 266 g/mol. The van der Waals surface area contributed by atoms with E-state index in [-0.39, 0.29) is 0 Å². The van der Waals surface area contributed by atoms with Crippen molar-refractivity contribution in [2.75, 3.05) is 0 Å². The molecule has 0 aliphatic rings. The molecule has 0 nitrogen and oxygen atoms in total. The Kier molecular flexibility index (Phi) is 2.56. The molecular formula is C14H18Se. The fourth-order valence-electron chi connectivity index (χ4n) is 2.05. The van der Waals surface area contributed by atoms with Gasteiger partial charge in [0.1, 0.15) is 0 Å². The summed E-state index contributed by atoms with van der Waals surface area (Å²) in [6.45, 7) is 11.4. The molecule has 80 valence electrons. The summed E-state index contributed by atoms with van der Waals surface area (Å²) in [7, 11) is 0. The van der Waals surface area contributed by atoms with E-state index < -0.39 is 0 Å². The fourth-order valence-corrected chi connectivity index (χ4v) is 4.67. The molecule has 0 unspecified atom stereocenters. The maximum absolute atomic E-state index is 2.34. The molecule has 0 spiro atoms. The molecule has 0 saturated heterocycles. The standard InChI is InChI=1S/C14H18Se/c1-9-6-7-12-11(8-9)10(2)13(15-12)14(3,4)5/h6-8H,1-5H3. The Morgan fingerprint density at radius 3 is 2.33 bits per heavy atom. The zero-order chi connectivity index (χ0) is 11.2. The van der Waals surface area contributed by atoms with Crippen LogP contribution in [0.25, 0.3) is 9.65 Å². The van der Waals surface area contributed by atoms with Crippen LogP contribution in [-0.2, 0) is 5.41 Å². The molecule has 15 heavy (non-hydrogen) atoms. The SMILES string of the molecule is Cc1ccc2[se]c(C(C)(C)C)c(C)c2c1. The van der Waals surface area contributed by atoms with Crippen molar-refractivity contribution in [3.8, 4) is 0 Å². The molecule has 1 aromatic heterocycles. The Bertz CT molecular complexity index is 498. The minimum absolute atomic E-state index is 0.330. The molecule has 2 aromatic rings. The first-order valence-electron chi connectivity index (χ1n) is 5.40. The number of hydrogen-bond donors (Lipinski definition) is 0. The van der Waals surface area contributed by atoms with Crippen LogP contribution in [0.15, 0.2) is 18.2 Å². The van der Waals surface area contributed by atoms with E-state index in [4.69, 9.17) is 0 Å². The van der Waals surface area contributed by atoms with Gasteiger partial charge in [-0.1, -0.05) is 0 Å². The van der Waals surface area contributed by atoms with Crippen molar-refractivity contribution in [1.29, 1.82) is 0 Å². The van der Waals surface area contributed by atoms with Crippen LogP contribution < -0.4 is 0 Å². The van der Waals surface area contributed by atoms with Crippen molar-refractivity contribution in [2.24, 2.45) is 0 Å². The van der Waals surface area contributed by atoms with Gasteiger partial charge in [0.25, 0.3) is 0 Å². The van der Waals surface area contributed by atoms with Gasteiger partial charge in [-0.05, 0) is 0 Å². The van der Waals surface area contributed by atoms with Crippen molar-refractivity contribution >= 4 is 24.1 Å². The fraction of sp³-hybridized carbons (Fsp3) is 0.429. The second-order valence-electron chi connectivity index (χ2n) is 5.31. The second kappa shape index (κ2) is 3.50. The molecule has 0 aliphatic carbocycles. The molecular weight excluding hydrogens is 247 g/mol. The van der Waals surface area contributed by atoms with Crippen LogP contribution in [0.5, 0.6) is 0 Å². The third kappa shape index (κ3) is 1.91. The van der Waals surface area contributed by atoms with E-state index in [1.165, 1.54) is 16.5 Å². The topological polar surface area (TPSA) is 0 Å². The summed E-state index contributed by atoms with van der Waals surface area (Å²) in [5.41, 5.74) is 3.23. The molecule has 1 aromatic carbocycles. The first kappa shape index (κ1) is 11.0. The zero-order valence-corrected chi connectivity index (χ0v) is 11.9. The van der Waals surface area contributed by atoms with Gasteiger partial charge in [0.15, 0.2) is 0 Å². The Hall–Kier alpha value is -0.521. The summed E-state index contributed by atoms with van der Waals surface area (Å²) in [4.78, 5) is 0. The van der Waals surface area contributed by atoms with Crippen LogP contribution in [0.3, 0.4) is 0 Å². The average molecular weight is 265 g/mol. The van der Waals surface area contributed by atoms with Crippen molar-refractivity contribution < 1.29 is 0 Å². The van der Waals surface area contributed by atoms with E-state index in [0.29, 0.717) is 19.9 Å². The molecule has 0 radical (unpaired) electrons. The molecule has 0 saturated carbocycles. The van der Waals surface area contributed by atoms with Gasteiger partial charge < -0.3 is 0 Å². The maximum atomic E-state index is 2.34. The van der Waals surface area contributed by atoms with Crippen LogP contribution >= 0.6 is 0 Å². The Balaban J connectivity index is 2.76. The Morgan fingerprint density at radius 2 is 1.73 bits per heavy atom. The molecule has 2 rings (SSSR count). The normalized spacial score (nSPS) is 12.3.